The minimum absolute atomic E-state index is 0.745. The highest BCUT2D eigenvalue weighted by atomic mass is 35.5. The van der Waals surface area contributed by atoms with Gasteiger partial charge in [0.05, 0.1) is 11.2 Å². The third kappa shape index (κ3) is 2.13. The second-order valence-corrected chi connectivity index (χ2v) is 6.68. The summed E-state index contributed by atoms with van der Waals surface area (Å²) in [6.07, 6.45) is 0.994. The van der Waals surface area contributed by atoms with Gasteiger partial charge in [-0.1, -0.05) is 54.1 Å². The van der Waals surface area contributed by atoms with Crippen molar-refractivity contribution in [3.05, 3.63) is 88.9 Å². The van der Waals surface area contributed by atoms with E-state index in [1.807, 2.05) is 24.3 Å². The van der Waals surface area contributed by atoms with Crippen LogP contribution in [0.3, 0.4) is 0 Å². The predicted molar refractivity (Wildman–Crippen MR) is 100 cm³/mol. The van der Waals surface area contributed by atoms with E-state index in [-0.39, 0.29) is 0 Å². The lowest BCUT2D eigenvalue weighted by Crippen LogP contribution is -1.88. The summed E-state index contributed by atoms with van der Waals surface area (Å²) in [6, 6.07) is 25.2. The van der Waals surface area contributed by atoms with Gasteiger partial charge in [-0.3, -0.25) is 0 Å². The molecule has 0 atom stereocenters. The molecule has 1 heterocycles. The maximum atomic E-state index is 5.98. The molecular weight excluding hydrogens is 314 g/mol. The van der Waals surface area contributed by atoms with Gasteiger partial charge in [0.25, 0.3) is 0 Å². The van der Waals surface area contributed by atoms with Crippen LogP contribution < -0.4 is 0 Å². The number of pyridine rings is 1. The van der Waals surface area contributed by atoms with Gasteiger partial charge in [0.15, 0.2) is 0 Å². The fourth-order valence-corrected chi connectivity index (χ4v) is 3.66. The van der Waals surface area contributed by atoms with Crippen molar-refractivity contribution in [3.8, 4) is 22.4 Å². The Kier molecular flexibility index (Phi) is 2.97. The molecule has 0 N–H and O–H groups in total. The predicted octanol–water partition coefficient (Wildman–Crippen LogP) is 6.13. The van der Waals surface area contributed by atoms with Crippen LogP contribution in [0.25, 0.3) is 33.3 Å². The maximum absolute atomic E-state index is 5.98. The molecule has 0 amide bonds. The maximum Gasteiger partial charge on any atom is 0.0712 e. The quantitative estimate of drug-likeness (QED) is 0.361. The van der Waals surface area contributed by atoms with E-state index in [4.69, 9.17) is 16.6 Å². The molecule has 114 valence electrons. The minimum atomic E-state index is 0.745. The number of hydrogen-bond donors (Lipinski definition) is 0. The van der Waals surface area contributed by atoms with Crippen LogP contribution in [0.5, 0.6) is 0 Å². The summed E-state index contributed by atoms with van der Waals surface area (Å²) < 4.78 is 0. The topological polar surface area (TPSA) is 12.9 Å². The molecule has 1 nitrogen and oxygen atoms in total. The van der Waals surface area contributed by atoms with Crippen molar-refractivity contribution in [2.75, 3.05) is 0 Å². The number of hydrogen-bond acceptors (Lipinski definition) is 1. The van der Waals surface area contributed by atoms with E-state index in [1.54, 1.807) is 0 Å². The number of halogens is 1. The summed E-state index contributed by atoms with van der Waals surface area (Å²) in [5.74, 6) is 0. The molecule has 1 aliphatic carbocycles. The van der Waals surface area contributed by atoms with Crippen LogP contribution in [-0.2, 0) is 6.42 Å². The standard InChI is InChI=1S/C22H14ClN/c23-18-8-5-14(6-9-18)21-10-7-16-12-20-17(13-22(16)24-21)11-15-3-1-2-4-19(15)20/h1-10,12-13H,11H2. The largest absolute Gasteiger partial charge is 0.248 e. The fourth-order valence-electron chi connectivity index (χ4n) is 3.54. The van der Waals surface area contributed by atoms with E-state index >= 15 is 0 Å². The zero-order chi connectivity index (χ0) is 16.1. The molecule has 0 fully saturated rings. The summed E-state index contributed by atoms with van der Waals surface area (Å²) in [6.45, 7) is 0. The van der Waals surface area contributed by atoms with E-state index in [0.29, 0.717) is 0 Å². The highest BCUT2D eigenvalue weighted by Crippen LogP contribution is 2.38. The van der Waals surface area contributed by atoms with E-state index in [9.17, 15) is 0 Å². The first-order valence-electron chi connectivity index (χ1n) is 8.06. The normalized spacial score (nSPS) is 12.2. The number of nitrogens with zero attached hydrogens (tertiary/aromatic N) is 1. The summed E-state index contributed by atoms with van der Waals surface area (Å²) in [7, 11) is 0. The van der Waals surface area contributed by atoms with Gasteiger partial charge in [-0.2, -0.15) is 0 Å². The molecule has 0 aliphatic heterocycles. The van der Waals surface area contributed by atoms with E-state index in [0.717, 1.165) is 28.2 Å². The second-order valence-electron chi connectivity index (χ2n) is 6.24. The average Bonchev–Trinajstić information content (AvgIpc) is 2.97. The number of benzene rings is 3. The van der Waals surface area contributed by atoms with E-state index in [2.05, 4.69) is 48.5 Å². The van der Waals surface area contributed by atoms with Crippen LogP contribution in [0.4, 0.5) is 0 Å². The van der Waals surface area contributed by atoms with Crippen molar-refractivity contribution in [1.29, 1.82) is 0 Å². The van der Waals surface area contributed by atoms with Gasteiger partial charge in [0.2, 0.25) is 0 Å². The Bertz CT molecular complexity index is 1080. The van der Waals surface area contributed by atoms with E-state index < -0.39 is 0 Å². The van der Waals surface area contributed by atoms with Crippen molar-refractivity contribution in [3.63, 3.8) is 0 Å². The molecule has 24 heavy (non-hydrogen) atoms. The summed E-state index contributed by atoms with van der Waals surface area (Å²) in [5.41, 5.74) is 8.59. The smallest absolute Gasteiger partial charge is 0.0712 e. The van der Waals surface area contributed by atoms with Crippen LogP contribution in [-0.4, -0.2) is 4.98 Å². The lowest BCUT2D eigenvalue weighted by molar-refractivity contribution is 1.26. The third-order valence-electron chi connectivity index (χ3n) is 4.74. The van der Waals surface area contributed by atoms with Crippen molar-refractivity contribution >= 4 is 22.5 Å². The molecule has 0 radical (unpaired) electrons. The molecule has 0 bridgehead atoms. The second kappa shape index (κ2) is 5.19. The Labute approximate surface area is 145 Å². The Morgan fingerprint density at radius 2 is 1.58 bits per heavy atom. The van der Waals surface area contributed by atoms with Gasteiger partial charge in [-0.15, -0.1) is 0 Å². The molecule has 0 saturated heterocycles. The summed E-state index contributed by atoms with van der Waals surface area (Å²) in [5, 5.41) is 1.93. The highest BCUT2D eigenvalue weighted by Gasteiger charge is 2.18. The molecule has 0 saturated carbocycles. The third-order valence-corrected chi connectivity index (χ3v) is 4.99. The van der Waals surface area contributed by atoms with Crippen molar-refractivity contribution in [1.82, 2.24) is 4.98 Å². The monoisotopic (exact) mass is 327 g/mol. The Morgan fingerprint density at radius 3 is 2.46 bits per heavy atom. The lowest BCUT2D eigenvalue weighted by Gasteiger charge is -2.07. The number of aromatic nitrogens is 1. The molecule has 0 spiro atoms. The molecule has 3 aromatic carbocycles. The SMILES string of the molecule is Clc1ccc(-c2ccc3cc4c(cc3n2)Cc2ccccc2-4)cc1. The van der Waals surface area contributed by atoms with Gasteiger partial charge in [0.1, 0.15) is 0 Å². The Hall–Kier alpha value is -2.64. The van der Waals surface area contributed by atoms with Crippen LogP contribution in [0.2, 0.25) is 5.02 Å². The van der Waals surface area contributed by atoms with Gasteiger partial charge >= 0.3 is 0 Å². The van der Waals surface area contributed by atoms with E-state index in [1.165, 1.54) is 27.6 Å². The first-order chi connectivity index (χ1) is 11.8. The Balaban J connectivity index is 1.66. The summed E-state index contributed by atoms with van der Waals surface area (Å²) >= 11 is 5.98. The van der Waals surface area contributed by atoms with Gasteiger partial charge < -0.3 is 0 Å². The zero-order valence-corrected chi connectivity index (χ0v) is 13.7. The van der Waals surface area contributed by atoms with Crippen LogP contribution >= 0.6 is 11.6 Å². The molecule has 4 aromatic rings. The molecule has 5 rings (SSSR count). The molecule has 0 unspecified atom stereocenters. The average molecular weight is 328 g/mol. The number of fused-ring (bicyclic) bond motifs is 4. The molecular formula is C22H14ClN. The first kappa shape index (κ1) is 13.8. The molecule has 2 heteroatoms. The zero-order valence-electron chi connectivity index (χ0n) is 13.0. The minimum Gasteiger partial charge on any atom is -0.248 e. The summed E-state index contributed by atoms with van der Waals surface area (Å²) in [4.78, 5) is 4.87. The van der Waals surface area contributed by atoms with Crippen LogP contribution in [0, 0.1) is 0 Å². The van der Waals surface area contributed by atoms with Crippen LogP contribution in [0.1, 0.15) is 11.1 Å². The highest BCUT2D eigenvalue weighted by molar-refractivity contribution is 6.30. The molecule has 1 aliphatic rings. The van der Waals surface area contributed by atoms with Crippen molar-refractivity contribution in [2.45, 2.75) is 6.42 Å². The van der Waals surface area contributed by atoms with Crippen molar-refractivity contribution in [2.24, 2.45) is 0 Å². The number of rotatable bonds is 1. The lowest BCUT2D eigenvalue weighted by atomic mass is 10.0. The first-order valence-corrected chi connectivity index (χ1v) is 8.44. The fraction of sp³-hybridized carbons (Fsp3) is 0.0455. The van der Waals surface area contributed by atoms with Gasteiger partial charge in [-0.25, -0.2) is 4.98 Å². The van der Waals surface area contributed by atoms with Crippen LogP contribution in [0.15, 0.2) is 72.8 Å². The van der Waals surface area contributed by atoms with Gasteiger partial charge in [0, 0.05) is 16.0 Å². The van der Waals surface area contributed by atoms with Crippen molar-refractivity contribution < 1.29 is 0 Å². The van der Waals surface area contributed by atoms with Gasteiger partial charge in [-0.05, 0) is 59.0 Å². The Morgan fingerprint density at radius 1 is 0.750 bits per heavy atom. The molecule has 1 aromatic heterocycles.